The minimum absolute atomic E-state index is 0.0588. The van der Waals surface area contributed by atoms with Crippen LogP contribution in [0.15, 0.2) is 18.2 Å². The molecule has 0 saturated heterocycles. The van der Waals surface area contributed by atoms with E-state index in [1.165, 1.54) is 25.3 Å². The van der Waals surface area contributed by atoms with Crippen molar-refractivity contribution in [3.8, 4) is 5.75 Å². The highest BCUT2D eigenvalue weighted by molar-refractivity contribution is 5.39. The molecule has 1 aliphatic heterocycles. The van der Waals surface area contributed by atoms with Crippen LogP contribution in [0.4, 0.5) is 4.39 Å². The van der Waals surface area contributed by atoms with Gasteiger partial charge in [0, 0.05) is 18.0 Å². The molecule has 2 nitrogen and oxygen atoms in total. The number of hydrogen-bond donors (Lipinski definition) is 1. The Morgan fingerprint density at radius 3 is 2.95 bits per heavy atom. The summed E-state index contributed by atoms with van der Waals surface area (Å²) in [7, 11) is 1.95. The second kappa shape index (κ2) is 4.78. The molecule has 0 bridgehead atoms. The summed E-state index contributed by atoms with van der Waals surface area (Å²) in [4.78, 5) is 0. The predicted octanol–water partition coefficient (Wildman–Crippen LogP) is 3.82. The standard InChI is InChI=1S/C16H22FNO/c1-11-5-3-4-8-16(11)10-14(18-2)13-9-12(17)6-7-15(13)19-16/h6-7,9,11,14,18H,3-5,8,10H2,1-2H3. The van der Waals surface area contributed by atoms with Crippen LogP contribution in [0.25, 0.3) is 0 Å². The van der Waals surface area contributed by atoms with E-state index in [9.17, 15) is 4.39 Å². The topological polar surface area (TPSA) is 21.3 Å². The maximum atomic E-state index is 13.4. The second-order valence-electron chi connectivity index (χ2n) is 6.04. The van der Waals surface area contributed by atoms with E-state index in [-0.39, 0.29) is 17.5 Å². The third-order valence-electron chi connectivity index (χ3n) is 4.94. The highest BCUT2D eigenvalue weighted by Gasteiger charge is 2.45. The molecule has 3 atom stereocenters. The number of rotatable bonds is 1. The van der Waals surface area contributed by atoms with E-state index in [1.807, 2.05) is 7.05 Å². The summed E-state index contributed by atoms with van der Waals surface area (Å²) in [6.07, 6.45) is 5.82. The fraction of sp³-hybridized carbons (Fsp3) is 0.625. The fourth-order valence-electron chi connectivity index (χ4n) is 3.70. The molecule has 0 aromatic heterocycles. The zero-order valence-corrected chi connectivity index (χ0v) is 11.7. The largest absolute Gasteiger partial charge is 0.487 e. The Kier molecular flexibility index (Phi) is 3.25. The Bertz CT molecular complexity index is 476. The molecule has 104 valence electrons. The van der Waals surface area contributed by atoms with E-state index >= 15 is 0 Å². The van der Waals surface area contributed by atoms with E-state index in [2.05, 4.69) is 12.2 Å². The molecule has 1 heterocycles. The van der Waals surface area contributed by atoms with E-state index in [0.29, 0.717) is 5.92 Å². The summed E-state index contributed by atoms with van der Waals surface area (Å²) in [5.41, 5.74) is 0.905. The lowest BCUT2D eigenvalue weighted by Crippen LogP contribution is -2.50. The molecule has 3 heteroatoms. The number of hydrogen-bond acceptors (Lipinski definition) is 2. The number of benzene rings is 1. The zero-order chi connectivity index (χ0) is 13.5. The van der Waals surface area contributed by atoms with Crippen molar-refractivity contribution < 1.29 is 9.13 Å². The summed E-state index contributed by atoms with van der Waals surface area (Å²) in [5.74, 6) is 1.24. The number of halogens is 1. The molecule has 2 aliphatic rings. The maximum absolute atomic E-state index is 13.4. The monoisotopic (exact) mass is 263 g/mol. The summed E-state index contributed by atoms with van der Waals surface area (Å²) in [6, 6.07) is 5.09. The smallest absolute Gasteiger partial charge is 0.125 e. The van der Waals surface area contributed by atoms with Crippen LogP contribution in [0, 0.1) is 11.7 Å². The molecule has 1 aliphatic carbocycles. The Labute approximate surface area is 114 Å². The highest BCUT2D eigenvalue weighted by atomic mass is 19.1. The molecule has 1 saturated carbocycles. The van der Waals surface area contributed by atoms with Crippen LogP contribution in [0.2, 0.25) is 0 Å². The Balaban J connectivity index is 1.99. The van der Waals surface area contributed by atoms with Gasteiger partial charge in [-0.15, -0.1) is 0 Å². The van der Waals surface area contributed by atoms with Gasteiger partial charge >= 0.3 is 0 Å². The van der Waals surface area contributed by atoms with Crippen molar-refractivity contribution >= 4 is 0 Å². The highest BCUT2D eigenvalue weighted by Crippen LogP contribution is 2.48. The quantitative estimate of drug-likeness (QED) is 0.831. The molecule has 1 fully saturated rings. The van der Waals surface area contributed by atoms with Crippen molar-refractivity contribution in [1.82, 2.24) is 5.32 Å². The predicted molar refractivity (Wildman–Crippen MR) is 73.8 cm³/mol. The van der Waals surface area contributed by atoms with Gasteiger partial charge in [0.1, 0.15) is 17.2 Å². The van der Waals surface area contributed by atoms with Crippen molar-refractivity contribution in [2.24, 2.45) is 5.92 Å². The lowest BCUT2D eigenvalue weighted by Gasteiger charge is -2.48. The van der Waals surface area contributed by atoms with Crippen LogP contribution in [0.1, 0.15) is 50.6 Å². The van der Waals surface area contributed by atoms with Crippen molar-refractivity contribution in [2.75, 3.05) is 7.05 Å². The molecule has 3 unspecified atom stereocenters. The van der Waals surface area contributed by atoms with Crippen LogP contribution in [-0.4, -0.2) is 12.6 Å². The van der Waals surface area contributed by atoms with E-state index in [1.54, 1.807) is 12.1 Å². The molecule has 3 rings (SSSR count). The van der Waals surface area contributed by atoms with Gasteiger partial charge in [-0.3, -0.25) is 0 Å². The van der Waals surface area contributed by atoms with Crippen LogP contribution >= 0.6 is 0 Å². The van der Waals surface area contributed by atoms with Gasteiger partial charge < -0.3 is 10.1 Å². The van der Waals surface area contributed by atoms with Crippen molar-refractivity contribution in [3.63, 3.8) is 0 Å². The minimum Gasteiger partial charge on any atom is -0.487 e. The second-order valence-corrected chi connectivity index (χ2v) is 6.04. The number of ether oxygens (including phenoxy) is 1. The zero-order valence-electron chi connectivity index (χ0n) is 11.7. The van der Waals surface area contributed by atoms with Crippen molar-refractivity contribution in [2.45, 2.75) is 50.7 Å². The first-order chi connectivity index (χ1) is 9.14. The average Bonchev–Trinajstić information content (AvgIpc) is 2.42. The minimum atomic E-state index is -0.185. The lowest BCUT2D eigenvalue weighted by atomic mass is 9.71. The first-order valence-electron chi connectivity index (χ1n) is 7.30. The summed E-state index contributed by atoms with van der Waals surface area (Å²) < 4.78 is 19.8. The Morgan fingerprint density at radius 2 is 2.21 bits per heavy atom. The number of fused-ring (bicyclic) bond motifs is 1. The first kappa shape index (κ1) is 12.9. The average molecular weight is 263 g/mol. The molecule has 0 radical (unpaired) electrons. The summed E-state index contributed by atoms with van der Waals surface area (Å²) in [6.45, 7) is 2.29. The van der Waals surface area contributed by atoms with Crippen LogP contribution in [0.5, 0.6) is 5.75 Å². The van der Waals surface area contributed by atoms with E-state index in [4.69, 9.17) is 4.74 Å². The van der Waals surface area contributed by atoms with Gasteiger partial charge in [0.2, 0.25) is 0 Å². The van der Waals surface area contributed by atoms with Gasteiger partial charge in [0.05, 0.1) is 0 Å². The SMILES string of the molecule is CNC1CC2(CCCCC2C)Oc2ccc(F)cc21. The molecule has 1 spiro atoms. The number of nitrogens with one attached hydrogen (secondary N) is 1. The molecule has 1 N–H and O–H groups in total. The van der Waals surface area contributed by atoms with Crippen molar-refractivity contribution in [1.29, 1.82) is 0 Å². The third-order valence-corrected chi connectivity index (χ3v) is 4.94. The van der Waals surface area contributed by atoms with E-state index in [0.717, 1.165) is 24.2 Å². The fourth-order valence-corrected chi connectivity index (χ4v) is 3.70. The molecule has 1 aromatic carbocycles. The third kappa shape index (κ3) is 2.14. The molecule has 1 aromatic rings. The van der Waals surface area contributed by atoms with Crippen LogP contribution in [-0.2, 0) is 0 Å². The van der Waals surface area contributed by atoms with Gasteiger partial charge in [0.15, 0.2) is 0 Å². The lowest BCUT2D eigenvalue weighted by molar-refractivity contribution is -0.0438. The summed E-state index contributed by atoms with van der Waals surface area (Å²) in [5, 5.41) is 3.33. The molecular formula is C16H22FNO. The van der Waals surface area contributed by atoms with E-state index < -0.39 is 0 Å². The maximum Gasteiger partial charge on any atom is 0.125 e. The Hall–Kier alpha value is -1.09. The Morgan fingerprint density at radius 1 is 1.37 bits per heavy atom. The van der Waals surface area contributed by atoms with Gasteiger partial charge in [-0.05, 0) is 50.4 Å². The first-order valence-corrected chi connectivity index (χ1v) is 7.30. The van der Waals surface area contributed by atoms with Crippen LogP contribution in [0.3, 0.4) is 0 Å². The summed E-state index contributed by atoms with van der Waals surface area (Å²) >= 11 is 0. The molecular weight excluding hydrogens is 241 g/mol. The van der Waals surface area contributed by atoms with Gasteiger partial charge in [-0.1, -0.05) is 13.3 Å². The van der Waals surface area contributed by atoms with Crippen LogP contribution < -0.4 is 10.1 Å². The molecule has 19 heavy (non-hydrogen) atoms. The van der Waals surface area contributed by atoms with Gasteiger partial charge in [0.25, 0.3) is 0 Å². The van der Waals surface area contributed by atoms with Gasteiger partial charge in [-0.2, -0.15) is 0 Å². The molecule has 0 amide bonds. The normalized spacial score (nSPS) is 33.8. The van der Waals surface area contributed by atoms with Gasteiger partial charge in [-0.25, -0.2) is 4.39 Å². The van der Waals surface area contributed by atoms with Crippen molar-refractivity contribution in [3.05, 3.63) is 29.6 Å².